The lowest BCUT2D eigenvalue weighted by Crippen LogP contribution is -2.11. The Kier molecular flexibility index (Phi) is 4.74. The maximum Gasteiger partial charge on any atom is 0.222 e. The molecule has 0 bridgehead atoms. The van der Waals surface area contributed by atoms with Gasteiger partial charge in [0.25, 0.3) is 0 Å². The van der Waals surface area contributed by atoms with E-state index in [0.717, 1.165) is 5.56 Å². The third-order valence-corrected chi connectivity index (χ3v) is 3.65. The zero-order valence-electron chi connectivity index (χ0n) is 11.1. The van der Waals surface area contributed by atoms with Gasteiger partial charge in [-0.15, -0.1) is 0 Å². The van der Waals surface area contributed by atoms with Gasteiger partial charge in [0.15, 0.2) is 5.71 Å². The molecular weight excluding hydrogens is 307 g/mol. The molecule has 0 aliphatic heterocycles. The largest absolute Gasteiger partial charge is 0.286 e. The molecule has 0 fully saturated rings. The molecule has 2 rings (SSSR count). The summed E-state index contributed by atoms with van der Waals surface area (Å²) in [5.41, 5.74) is 1.29. The molecule has 0 aliphatic carbocycles. The number of halogens is 2. The van der Waals surface area contributed by atoms with Gasteiger partial charge < -0.3 is 0 Å². The first kappa shape index (κ1) is 15.2. The molecule has 3 nitrogen and oxygen atoms in total. The van der Waals surface area contributed by atoms with E-state index in [1.54, 1.807) is 49.4 Å². The summed E-state index contributed by atoms with van der Waals surface area (Å²) in [5.74, 6) is -0.439. The molecule has 2 aromatic rings. The first-order chi connectivity index (χ1) is 10.0. The van der Waals surface area contributed by atoms with Crippen molar-refractivity contribution in [3.63, 3.8) is 0 Å². The SMILES string of the molecule is Cc1c(Cl)cc(N=C(C#N)C(=O)c2ccccc2)cc1Cl. The van der Waals surface area contributed by atoms with Crippen molar-refractivity contribution < 1.29 is 4.79 Å². The molecule has 0 aromatic heterocycles. The zero-order valence-corrected chi connectivity index (χ0v) is 12.6. The van der Waals surface area contributed by atoms with Crippen molar-refractivity contribution in [2.24, 2.45) is 4.99 Å². The van der Waals surface area contributed by atoms with E-state index in [0.29, 0.717) is 21.3 Å². The highest BCUT2D eigenvalue weighted by Crippen LogP contribution is 2.29. The summed E-state index contributed by atoms with van der Waals surface area (Å²) in [7, 11) is 0. The van der Waals surface area contributed by atoms with E-state index < -0.39 is 5.78 Å². The second kappa shape index (κ2) is 6.53. The standard InChI is InChI=1S/C16H10Cl2N2O/c1-10-13(17)7-12(8-14(10)18)20-15(9-19)16(21)11-5-3-2-4-6-11/h2-8H,1H3. The van der Waals surface area contributed by atoms with Gasteiger partial charge in [0, 0.05) is 15.6 Å². The molecular formula is C16H10Cl2N2O. The molecule has 0 N–H and O–H groups in total. The first-order valence-corrected chi connectivity index (χ1v) is 6.82. The van der Waals surface area contributed by atoms with Gasteiger partial charge in [0.2, 0.25) is 5.78 Å². The number of Topliss-reactive ketones (excluding diaryl/α,β-unsaturated/α-hetero) is 1. The molecule has 0 aliphatic rings. The number of benzene rings is 2. The number of ketones is 1. The molecule has 0 radical (unpaired) electrons. The van der Waals surface area contributed by atoms with Crippen molar-refractivity contribution in [3.8, 4) is 6.07 Å². The Hall–Kier alpha value is -2.15. The van der Waals surface area contributed by atoms with Crippen LogP contribution >= 0.6 is 23.2 Å². The Bertz CT molecular complexity index is 739. The monoisotopic (exact) mass is 316 g/mol. The van der Waals surface area contributed by atoms with Crippen molar-refractivity contribution in [1.29, 1.82) is 5.26 Å². The summed E-state index contributed by atoms with van der Waals surface area (Å²) in [6.07, 6.45) is 0. The second-order valence-electron chi connectivity index (χ2n) is 4.30. The van der Waals surface area contributed by atoms with Crippen LogP contribution < -0.4 is 0 Å². The number of nitrogens with zero attached hydrogens (tertiary/aromatic N) is 2. The van der Waals surface area contributed by atoms with E-state index in [2.05, 4.69) is 4.99 Å². The van der Waals surface area contributed by atoms with Crippen LogP contribution in [0.25, 0.3) is 0 Å². The van der Waals surface area contributed by atoms with Crippen LogP contribution in [0.15, 0.2) is 47.5 Å². The van der Waals surface area contributed by atoms with Crippen molar-refractivity contribution >= 4 is 40.4 Å². The Balaban J connectivity index is 2.43. The summed E-state index contributed by atoms with van der Waals surface area (Å²) in [6.45, 7) is 1.78. The fourth-order valence-corrected chi connectivity index (χ4v) is 2.15. The third-order valence-electron chi connectivity index (χ3n) is 2.86. The van der Waals surface area contributed by atoms with E-state index in [9.17, 15) is 4.79 Å². The van der Waals surface area contributed by atoms with Crippen LogP contribution in [0.4, 0.5) is 5.69 Å². The molecule has 5 heteroatoms. The van der Waals surface area contributed by atoms with Gasteiger partial charge in [0.05, 0.1) is 5.69 Å². The molecule has 0 saturated heterocycles. The Morgan fingerprint density at radius 2 is 1.71 bits per heavy atom. The van der Waals surface area contributed by atoms with Gasteiger partial charge in [-0.2, -0.15) is 5.26 Å². The number of hydrogen-bond donors (Lipinski definition) is 0. The van der Waals surface area contributed by atoms with E-state index in [1.165, 1.54) is 0 Å². The number of aliphatic imine (C=N–C) groups is 1. The number of carbonyl (C=O) groups is 1. The lowest BCUT2D eigenvalue weighted by Gasteiger charge is -2.03. The highest BCUT2D eigenvalue weighted by Gasteiger charge is 2.14. The van der Waals surface area contributed by atoms with Crippen molar-refractivity contribution in [3.05, 3.63) is 63.6 Å². The van der Waals surface area contributed by atoms with Crippen LogP contribution in [0.1, 0.15) is 15.9 Å². The average molecular weight is 317 g/mol. The lowest BCUT2D eigenvalue weighted by molar-refractivity contribution is 0.106. The van der Waals surface area contributed by atoms with Crippen LogP contribution in [-0.2, 0) is 0 Å². The minimum absolute atomic E-state index is 0.211. The van der Waals surface area contributed by atoms with Crippen LogP contribution in [0, 0.1) is 18.3 Å². The molecule has 0 atom stereocenters. The summed E-state index contributed by atoms with van der Waals surface area (Å²) in [6, 6.07) is 13.5. The van der Waals surface area contributed by atoms with Crippen LogP contribution in [0.3, 0.4) is 0 Å². The van der Waals surface area contributed by atoms with Gasteiger partial charge >= 0.3 is 0 Å². The van der Waals surface area contributed by atoms with E-state index in [-0.39, 0.29) is 5.71 Å². The quantitative estimate of drug-likeness (QED) is 0.604. The van der Waals surface area contributed by atoms with E-state index >= 15 is 0 Å². The first-order valence-electron chi connectivity index (χ1n) is 6.07. The molecule has 0 heterocycles. The molecule has 0 unspecified atom stereocenters. The van der Waals surface area contributed by atoms with Gasteiger partial charge in [-0.05, 0) is 24.6 Å². The van der Waals surface area contributed by atoms with Crippen molar-refractivity contribution in [2.45, 2.75) is 6.92 Å². The maximum absolute atomic E-state index is 12.2. The van der Waals surface area contributed by atoms with Gasteiger partial charge in [-0.25, -0.2) is 4.99 Å². The lowest BCUT2D eigenvalue weighted by atomic mass is 10.1. The van der Waals surface area contributed by atoms with E-state index in [4.69, 9.17) is 28.5 Å². The minimum atomic E-state index is -0.439. The Labute approximate surface area is 132 Å². The number of rotatable bonds is 3. The number of carbonyl (C=O) groups excluding carboxylic acids is 1. The topological polar surface area (TPSA) is 53.2 Å². The summed E-state index contributed by atoms with van der Waals surface area (Å²) in [4.78, 5) is 16.3. The Morgan fingerprint density at radius 1 is 1.14 bits per heavy atom. The summed E-state index contributed by atoms with van der Waals surface area (Å²) in [5, 5.41) is 10.0. The van der Waals surface area contributed by atoms with Gasteiger partial charge in [0.1, 0.15) is 6.07 Å². The Morgan fingerprint density at radius 3 is 2.24 bits per heavy atom. The fraction of sp³-hybridized carbons (Fsp3) is 0.0625. The highest BCUT2D eigenvalue weighted by molar-refractivity contribution is 6.51. The molecule has 0 saturated carbocycles. The average Bonchev–Trinajstić information content (AvgIpc) is 2.50. The predicted octanol–water partition coefficient (Wildman–Crippen LogP) is 4.78. The molecule has 21 heavy (non-hydrogen) atoms. The zero-order chi connectivity index (χ0) is 15.4. The summed E-state index contributed by atoms with van der Waals surface area (Å²) < 4.78 is 0. The van der Waals surface area contributed by atoms with Crippen LogP contribution in [0.5, 0.6) is 0 Å². The smallest absolute Gasteiger partial charge is 0.222 e. The number of hydrogen-bond acceptors (Lipinski definition) is 3. The summed E-state index contributed by atoms with van der Waals surface area (Å²) >= 11 is 12.0. The second-order valence-corrected chi connectivity index (χ2v) is 5.12. The molecule has 2 aromatic carbocycles. The fourth-order valence-electron chi connectivity index (χ4n) is 1.68. The van der Waals surface area contributed by atoms with Crippen LogP contribution in [-0.4, -0.2) is 11.5 Å². The van der Waals surface area contributed by atoms with Gasteiger partial charge in [-0.3, -0.25) is 4.79 Å². The molecule has 0 amide bonds. The molecule has 104 valence electrons. The number of nitriles is 1. The van der Waals surface area contributed by atoms with Crippen LogP contribution in [0.2, 0.25) is 10.0 Å². The molecule has 0 spiro atoms. The minimum Gasteiger partial charge on any atom is -0.286 e. The predicted molar refractivity (Wildman–Crippen MR) is 84.7 cm³/mol. The van der Waals surface area contributed by atoms with E-state index in [1.807, 2.05) is 6.07 Å². The third kappa shape index (κ3) is 3.49. The van der Waals surface area contributed by atoms with Crippen molar-refractivity contribution in [2.75, 3.05) is 0 Å². The highest BCUT2D eigenvalue weighted by atomic mass is 35.5. The van der Waals surface area contributed by atoms with Crippen molar-refractivity contribution in [1.82, 2.24) is 0 Å². The van der Waals surface area contributed by atoms with Gasteiger partial charge in [-0.1, -0.05) is 53.5 Å². The normalized spacial score (nSPS) is 11.0. The maximum atomic E-state index is 12.2.